The van der Waals surface area contributed by atoms with Crippen LogP contribution in [0.1, 0.15) is 11.1 Å². The smallest absolute Gasteiger partial charge is 0.231 e. The van der Waals surface area contributed by atoms with Gasteiger partial charge in [-0.3, -0.25) is 0 Å². The minimum absolute atomic E-state index is 0.318. The minimum Gasteiger partial charge on any atom is -0.493 e. The first kappa shape index (κ1) is 13.3. The van der Waals surface area contributed by atoms with Crippen LogP contribution in [0.5, 0.6) is 23.0 Å². The van der Waals surface area contributed by atoms with E-state index in [4.69, 9.17) is 18.9 Å². The number of hydrogen-bond donors (Lipinski definition) is 0. The highest BCUT2D eigenvalue weighted by molar-refractivity contribution is 5.48. The lowest BCUT2D eigenvalue weighted by molar-refractivity contribution is 0.174. The zero-order valence-electron chi connectivity index (χ0n) is 12.5. The fourth-order valence-corrected chi connectivity index (χ4v) is 3.15. The van der Waals surface area contributed by atoms with Crippen molar-refractivity contribution < 1.29 is 18.9 Å². The molecule has 1 atom stereocenters. The summed E-state index contributed by atoms with van der Waals surface area (Å²) in [5.41, 5.74) is 2.47. The van der Waals surface area contributed by atoms with Crippen LogP contribution in [0.15, 0.2) is 36.4 Å². The van der Waals surface area contributed by atoms with Crippen LogP contribution in [0.3, 0.4) is 0 Å². The lowest BCUT2D eigenvalue weighted by Gasteiger charge is -2.26. The molecule has 0 spiro atoms. The first-order chi connectivity index (χ1) is 10.8. The summed E-state index contributed by atoms with van der Waals surface area (Å²) in [7, 11) is 1.68. The van der Waals surface area contributed by atoms with Gasteiger partial charge in [-0.1, -0.05) is 18.2 Å². The first-order valence-electron chi connectivity index (χ1n) is 7.50. The number of hydrogen-bond acceptors (Lipinski definition) is 4. The molecule has 22 heavy (non-hydrogen) atoms. The Morgan fingerprint density at radius 3 is 2.91 bits per heavy atom. The number of methoxy groups -OCH3 is 1. The van der Waals surface area contributed by atoms with Gasteiger partial charge < -0.3 is 18.9 Å². The molecule has 4 heteroatoms. The summed E-state index contributed by atoms with van der Waals surface area (Å²) in [5, 5.41) is 0. The Balaban J connectivity index is 1.51. The van der Waals surface area contributed by atoms with E-state index < -0.39 is 0 Å². The van der Waals surface area contributed by atoms with Crippen LogP contribution in [-0.2, 0) is 12.8 Å². The van der Waals surface area contributed by atoms with E-state index in [2.05, 4.69) is 18.2 Å². The van der Waals surface area contributed by atoms with Crippen molar-refractivity contribution in [2.75, 3.05) is 20.5 Å². The van der Waals surface area contributed by atoms with Gasteiger partial charge in [-0.05, 0) is 42.2 Å². The molecule has 0 saturated carbocycles. The predicted molar refractivity (Wildman–Crippen MR) is 82.0 cm³/mol. The van der Waals surface area contributed by atoms with Crippen LogP contribution in [0.2, 0.25) is 0 Å². The summed E-state index contributed by atoms with van der Waals surface area (Å²) in [4.78, 5) is 0. The summed E-state index contributed by atoms with van der Waals surface area (Å²) >= 11 is 0. The third-order valence-corrected chi connectivity index (χ3v) is 4.21. The third kappa shape index (κ3) is 2.34. The fraction of sp³-hybridized carbons (Fsp3) is 0.333. The van der Waals surface area contributed by atoms with Crippen LogP contribution < -0.4 is 18.9 Å². The summed E-state index contributed by atoms with van der Waals surface area (Å²) in [5.74, 6) is 3.85. The maximum absolute atomic E-state index is 5.94. The van der Waals surface area contributed by atoms with E-state index in [0.29, 0.717) is 19.3 Å². The molecule has 2 heterocycles. The van der Waals surface area contributed by atoms with E-state index >= 15 is 0 Å². The second kappa shape index (κ2) is 5.44. The average molecular weight is 298 g/mol. The molecule has 2 aromatic rings. The molecule has 0 bridgehead atoms. The second-order valence-corrected chi connectivity index (χ2v) is 5.72. The van der Waals surface area contributed by atoms with Crippen molar-refractivity contribution in [3.8, 4) is 23.0 Å². The van der Waals surface area contributed by atoms with E-state index in [-0.39, 0.29) is 0 Å². The summed E-state index contributed by atoms with van der Waals surface area (Å²) in [6.45, 7) is 1.03. The third-order valence-electron chi connectivity index (χ3n) is 4.21. The lowest BCUT2D eigenvalue weighted by Crippen LogP contribution is -2.23. The van der Waals surface area contributed by atoms with Crippen molar-refractivity contribution in [3.63, 3.8) is 0 Å². The molecule has 0 fully saturated rings. The zero-order chi connectivity index (χ0) is 14.9. The molecule has 0 saturated heterocycles. The molecule has 0 amide bonds. The van der Waals surface area contributed by atoms with Crippen LogP contribution in [0.25, 0.3) is 0 Å². The Hall–Kier alpha value is -2.36. The van der Waals surface area contributed by atoms with Gasteiger partial charge in [-0.2, -0.15) is 0 Å². The molecular formula is C18H18O4. The molecule has 0 aliphatic carbocycles. The number of ether oxygens (including phenoxy) is 4. The van der Waals surface area contributed by atoms with E-state index in [1.165, 1.54) is 11.1 Å². The number of rotatable bonds is 3. The Morgan fingerprint density at radius 1 is 1.09 bits per heavy atom. The number of fused-ring (bicyclic) bond motifs is 2. The van der Waals surface area contributed by atoms with Gasteiger partial charge in [0.05, 0.1) is 13.7 Å². The molecular weight excluding hydrogens is 280 g/mol. The van der Waals surface area contributed by atoms with Gasteiger partial charge >= 0.3 is 0 Å². The minimum atomic E-state index is 0.318. The molecule has 0 N–H and O–H groups in total. The average Bonchev–Trinajstić information content (AvgIpc) is 3.01. The van der Waals surface area contributed by atoms with Crippen molar-refractivity contribution in [1.29, 1.82) is 0 Å². The van der Waals surface area contributed by atoms with Crippen LogP contribution in [0, 0.1) is 5.92 Å². The van der Waals surface area contributed by atoms with E-state index in [1.54, 1.807) is 7.11 Å². The van der Waals surface area contributed by atoms with Crippen molar-refractivity contribution in [3.05, 3.63) is 47.5 Å². The van der Waals surface area contributed by atoms with Gasteiger partial charge in [0.25, 0.3) is 0 Å². The van der Waals surface area contributed by atoms with E-state index in [1.807, 2.05) is 18.2 Å². The molecule has 2 aliphatic rings. The van der Waals surface area contributed by atoms with Gasteiger partial charge in [0.15, 0.2) is 23.0 Å². The summed E-state index contributed by atoms with van der Waals surface area (Å²) < 4.78 is 22.1. The molecule has 4 nitrogen and oxygen atoms in total. The summed E-state index contributed by atoms with van der Waals surface area (Å²) in [6, 6.07) is 12.2. The van der Waals surface area contributed by atoms with Crippen LogP contribution >= 0.6 is 0 Å². The van der Waals surface area contributed by atoms with E-state index in [0.717, 1.165) is 35.8 Å². The van der Waals surface area contributed by atoms with Gasteiger partial charge in [-0.25, -0.2) is 0 Å². The molecule has 114 valence electrons. The topological polar surface area (TPSA) is 36.9 Å². The first-order valence-corrected chi connectivity index (χ1v) is 7.50. The van der Waals surface area contributed by atoms with Crippen molar-refractivity contribution in [2.24, 2.45) is 5.92 Å². The zero-order valence-corrected chi connectivity index (χ0v) is 12.5. The Labute approximate surface area is 129 Å². The Kier molecular flexibility index (Phi) is 3.29. The molecule has 0 radical (unpaired) electrons. The highest BCUT2D eigenvalue weighted by Crippen LogP contribution is 2.38. The highest BCUT2D eigenvalue weighted by Gasteiger charge is 2.23. The highest BCUT2D eigenvalue weighted by atomic mass is 16.7. The predicted octanol–water partition coefficient (Wildman–Crippen LogP) is 3.22. The Morgan fingerprint density at radius 2 is 2.00 bits per heavy atom. The molecule has 2 aliphatic heterocycles. The lowest BCUT2D eigenvalue weighted by atomic mass is 9.90. The van der Waals surface area contributed by atoms with Crippen LogP contribution in [0.4, 0.5) is 0 Å². The molecule has 0 aromatic heterocycles. The van der Waals surface area contributed by atoms with Crippen molar-refractivity contribution >= 4 is 0 Å². The second-order valence-electron chi connectivity index (χ2n) is 5.72. The standard InChI is InChI=1S/C18H18O4/c1-19-16-4-2-3-14-8-13(10-20-18(14)16)7-12-5-6-15-17(9-12)22-11-21-15/h2-6,9,13H,7-8,10-11H2,1H3. The summed E-state index contributed by atoms with van der Waals surface area (Å²) in [6.07, 6.45) is 1.97. The maximum Gasteiger partial charge on any atom is 0.231 e. The maximum atomic E-state index is 5.94. The molecule has 4 rings (SSSR count). The SMILES string of the molecule is COc1cccc2c1OCC(Cc1ccc3c(c1)OCO3)C2. The number of para-hydroxylation sites is 1. The van der Waals surface area contributed by atoms with Crippen molar-refractivity contribution in [2.45, 2.75) is 12.8 Å². The molecule has 2 aromatic carbocycles. The largest absolute Gasteiger partial charge is 0.493 e. The van der Waals surface area contributed by atoms with Gasteiger partial charge in [0, 0.05) is 5.92 Å². The quantitative estimate of drug-likeness (QED) is 0.872. The Bertz CT molecular complexity index is 695. The van der Waals surface area contributed by atoms with Crippen molar-refractivity contribution in [1.82, 2.24) is 0 Å². The molecule has 1 unspecified atom stereocenters. The van der Waals surface area contributed by atoms with Gasteiger partial charge in [0.2, 0.25) is 6.79 Å². The van der Waals surface area contributed by atoms with Crippen LogP contribution in [-0.4, -0.2) is 20.5 Å². The van der Waals surface area contributed by atoms with Gasteiger partial charge in [0.1, 0.15) is 0 Å². The van der Waals surface area contributed by atoms with E-state index in [9.17, 15) is 0 Å². The normalized spacial score (nSPS) is 18.5. The van der Waals surface area contributed by atoms with Gasteiger partial charge in [-0.15, -0.1) is 0 Å². The fourth-order valence-electron chi connectivity index (χ4n) is 3.15. The monoisotopic (exact) mass is 298 g/mol. The number of benzene rings is 2.